The highest BCUT2D eigenvalue weighted by Crippen LogP contribution is 2.38. The molecule has 0 aromatic heterocycles. The van der Waals surface area contributed by atoms with E-state index in [1.165, 1.54) is 11.8 Å². The van der Waals surface area contributed by atoms with E-state index in [0.29, 0.717) is 28.1 Å². The van der Waals surface area contributed by atoms with Crippen LogP contribution < -0.4 is 25.4 Å². The Kier molecular flexibility index (Phi) is 4.56. The third-order valence-electron chi connectivity index (χ3n) is 4.60. The van der Waals surface area contributed by atoms with E-state index in [1.54, 1.807) is 11.1 Å². The standard InChI is InChI=1S/C20H15BrN4O3S/c1-2-7-29-20-23-19(26)17-13-9-12(21)4-5-14(13)22-18(25(17)24-20)11-3-6-15-16(8-11)28-10-27-15/h2-6,8-9,18H,1,7,10H2,(H,23,24,26)/t18-/m1/s1. The van der Waals surface area contributed by atoms with Crippen molar-refractivity contribution in [1.29, 1.82) is 0 Å². The fraction of sp³-hybridized carbons (Fsp3) is 0.150. The van der Waals surface area contributed by atoms with Gasteiger partial charge in [-0.2, -0.15) is 0 Å². The normalized spacial score (nSPS) is 19.0. The lowest BCUT2D eigenvalue weighted by atomic mass is 10.1. The summed E-state index contributed by atoms with van der Waals surface area (Å²) in [5, 5.41) is 11.2. The molecule has 0 fully saturated rings. The van der Waals surface area contributed by atoms with E-state index in [-0.39, 0.29) is 12.7 Å². The van der Waals surface area contributed by atoms with Crippen LogP contribution in [0.4, 0.5) is 0 Å². The average Bonchev–Trinajstić information content (AvgIpc) is 3.19. The van der Waals surface area contributed by atoms with Crippen molar-refractivity contribution in [3.63, 3.8) is 0 Å². The van der Waals surface area contributed by atoms with Crippen LogP contribution in [-0.4, -0.2) is 28.6 Å². The first-order valence-electron chi connectivity index (χ1n) is 8.84. The Hall–Kier alpha value is -2.78. The van der Waals surface area contributed by atoms with E-state index >= 15 is 0 Å². The summed E-state index contributed by atoms with van der Waals surface area (Å²) >= 11 is 4.89. The predicted octanol–water partition coefficient (Wildman–Crippen LogP) is 2.24. The van der Waals surface area contributed by atoms with Crippen LogP contribution in [0, 0.1) is 0 Å². The maximum atomic E-state index is 13.0. The van der Waals surface area contributed by atoms with Crippen molar-refractivity contribution >= 4 is 44.5 Å². The number of ether oxygens (including phenoxy) is 2. The first kappa shape index (κ1) is 18.3. The van der Waals surface area contributed by atoms with Gasteiger partial charge >= 0.3 is 0 Å². The van der Waals surface area contributed by atoms with Gasteiger partial charge in [-0.05, 0) is 30.3 Å². The van der Waals surface area contributed by atoms with Crippen molar-refractivity contribution in [3.8, 4) is 11.5 Å². The van der Waals surface area contributed by atoms with Crippen LogP contribution in [0.2, 0.25) is 0 Å². The summed E-state index contributed by atoms with van der Waals surface area (Å²) in [5.74, 6) is 1.77. The highest BCUT2D eigenvalue weighted by molar-refractivity contribution is 9.10. The number of hydrogen-bond acceptors (Lipinski definition) is 7. The molecule has 2 aromatic carbocycles. The maximum absolute atomic E-state index is 13.0. The second-order valence-corrected chi connectivity index (χ2v) is 8.35. The second kappa shape index (κ2) is 7.23. The lowest BCUT2D eigenvalue weighted by Crippen LogP contribution is -2.50. The zero-order valence-corrected chi connectivity index (χ0v) is 17.5. The fourth-order valence-electron chi connectivity index (χ4n) is 3.35. The number of carbonyl (C=O) groups is 1. The molecule has 0 radical (unpaired) electrons. The number of carbonyl (C=O) groups excluding carboxylic acids is 1. The summed E-state index contributed by atoms with van der Waals surface area (Å²) in [6, 6.07) is 11.3. The lowest BCUT2D eigenvalue weighted by Gasteiger charge is -2.34. The van der Waals surface area contributed by atoms with Crippen LogP contribution in [-0.2, 0) is 4.79 Å². The van der Waals surface area contributed by atoms with Gasteiger partial charge in [0.15, 0.2) is 22.8 Å². The van der Waals surface area contributed by atoms with Crippen molar-refractivity contribution < 1.29 is 14.3 Å². The van der Waals surface area contributed by atoms with Gasteiger partial charge < -0.3 is 9.47 Å². The predicted molar refractivity (Wildman–Crippen MR) is 114 cm³/mol. The summed E-state index contributed by atoms with van der Waals surface area (Å²) < 4.78 is 11.8. The van der Waals surface area contributed by atoms with Crippen molar-refractivity contribution in [2.45, 2.75) is 6.17 Å². The highest BCUT2D eigenvalue weighted by atomic mass is 79.9. The monoisotopic (exact) mass is 470 g/mol. The number of hydrazone groups is 1. The van der Waals surface area contributed by atoms with Gasteiger partial charge in [-0.25, -0.2) is 5.01 Å². The number of halogens is 1. The number of amides is 1. The van der Waals surface area contributed by atoms with Gasteiger partial charge in [0, 0.05) is 21.0 Å². The quantitative estimate of drug-likeness (QED) is 0.696. The molecule has 3 aliphatic heterocycles. The summed E-state index contributed by atoms with van der Waals surface area (Å²) in [5.41, 5.74) is 1.31. The van der Waals surface area contributed by atoms with Gasteiger partial charge in [0.25, 0.3) is 5.91 Å². The van der Waals surface area contributed by atoms with E-state index in [0.717, 1.165) is 20.6 Å². The molecule has 7 nitrogen and oxygen atoms in total. The molecule has 1 amide bonds. The number of rotatable bonds is 3. The number of nitrogens with one attached hydrogen (secondary N) is 1. The molecule has 3 heterocycles. The molecule has 0 aliphatic carbocycles. The largest absolute Gasteiger partial charge is 0.454 e. The van der Waals surface area contributed by atoms with Gasteiger partial charge in [0.05, 0.1) is 5.36 Å². The Balaban J connectivity index is 1.69. The van der Waals surface area contributed by atoms with E-state index in [9.17, 15) is 4.79 Å². The fourth-order valence-corrected chi connectivity index (χ4v) is 4.29. The molecule has 146 valence electrons. The van der Waals surface area contributed by atoms with Crippen LogP contribution >= 0.6 is 27.7 Å². The molecule has 29 heavy (non-hydrogen) atoms. The van der Waals surface area contributed by atoms with Crippen LogP contribution in [0.5, 0.6) is 11.5 Å². The molecule has 1 atom stereocenters. The minimum atomic E-state index is -0.501. The molecule has 0 saturated heterocycles. The lowest BCUT2D eigenvalue weighted by molar-refractivity contribution is -0.116. The first-order chi connectivity index (χ1) is 14.1. The Morgan fingerprint density at radius 3 is 3.00 bits per heavy atom. The molecule has 5 rings (SSSR count). The molecule has 1 N–H and O–H groups in total. The summed E-state index contributed by atoms with van der Waals surface area (Å²) in [6.07, 6.45) is 1.26. The first-order valence-corrected chi connectivity index (χ1v) is 10.6. The Morgan fingerprint density at radius 2 is 2.14 bits per heavy atom. The molecule has 0 saturated carbocycles. The van der Waals surface area contributed by atoms with Gasteiger partial charge in [-0.15, -0.1) is 11.7 Å². The summed E-state index contributed by atoms with van der Waals surface area (Å²) in [7, 11) is 0. The number of thioether (sulfide) groups is 1. The van der Waals surface area contributed by atoms with Crippen LogP contribution in [0.25, 0.3) is 5.70 Å². The topological polar surface area (TPSA) is 75.5 Å². The smallest absolute Gasteiger partial charge is 0.276 e. The van der Waals surface area contributed by atoms with Crippen molar-refractivity contribution in [1.82, 2.24) is 10.3 Å². The SMILES string of the molecule is C=CCSC1=NN2C(=c3cc(Br)ccc3=N[C@H]2c2ccc3c(c2)OCO3)C(=O)N1. The zero-order chi connectivity index (χ0) is 20.0. The summed E-state index contributed by atoms with van der Waals surface area (Å²) in [6.45, 7) is 3.92. The van der Waals surface area contributed by atoms with Gasteiger partial charge in [0.2, 0.25) is 6.79 Å². The molecule has 0 unspecified atom stereocenters. The molecular weight excluding hydrogens is 456 g/mol. The number of nitrogens with zero attached hydrogens (tertiary/aromatic N) is 3. The summed E-state index contributed by atoms with van der Waals surface area (Å²) in [4.78, 5) is 17.9. The average molecular weight is 471 g/mol. The number of fused-ring (bicyclic) bond motifs is 3. The molecule has 3 aliphatic rings. The van der Waals surface area contributed by atoms with Crippen molar-refractivity contribution in [3.05, 3.63) is 69.7 Å². The third-order valence-corrected chi connectivity index (χ3v) is 5.96. The molecular formula is C20H15BrN4O3S. The van der Waals surface area contributed by atoms with Gasteiger partial charge in [-0.1, -0.05) is 39.8 Å². The molecule has 2 aromatic rings. The second-order valence-electron chi connectivity index (χ2n) is 6.43. The van der Waals surface area contributed by atoms with Crippen LogP contribution in [0.1, 0.15) is 11.7 Å². The number of benzene rings is 2. The number of amidine groups is 1. The maximum Gasteiger partial charge on any atom is 0.276 e. The van der Waals surface area contributed by atoms with Crippen LogP contribution in [0.15, 0.2) is 63.6 Å². The Labute approximate surface area is 178 Å². The minimum Gasteiger partial charge on any atom is -0.454 e. The molecule has 9 heteroatoms. The van der Waals surface area contributed by atoms with Gasteiger partial charge in [0.1, 0.15) is 5.70 Å². The van der Waals surface area contributed by atoms with E-state index in [4.69, 9.17) is 14.5 Å². The molecule has 0 bridgehead atoms. The van der Waals surface area contributed by atoms with E-state index in [1.807, 2.05) is 36.4 Å². The minimum absolute atomic E-state index is 0.196. The van der Waals surface area contributed by atoms with E-state index in [2.05, 4.69) is 32.9 Å². The zero-order valence-electron chi connectivity index (χ0n) is 15.1. The van der Waals surface area contributed by atoms with Crippen molar-refractivity contribution in [2.75, 3.05) is 12.5 Å². The Bertz CT molecular complexity index is 1200. The van der Waals surface area contributed by atoms with Crippen molar-refractivity contribution in [2.24, 2.45) is 10.1 Å². The number of hydrogen-bond donors (Lipinski definition) is 1. The van der Waals surface area contributed by atoms with E-state index < -0.39 is 6.17 Å². The highest BCUT2D eigenvalue weighted by Gasteiger charge is 2.35. The third kappa shape index (κ3) is 3.20. The molecule has 0 spiro atoms. The van der Waals surface area contributed by atoms with Gasteiger partial charge in [-0.3, -0.25) is 15.1 Å². The van der Waals surface area contributed by atoms with Crippen LogP contribution in [0.3, 0.4) is 0 Å². The Morgan fingerprint density at radius 1 is 1.28 bits per heavy atom.